The zero-order chi connectivity index (χ0) is 17.1. The number of rotatable bonds is 4. The molecule has 0 saturated carbocycles. The molecule has 0 unspecified atom stereocenters. The zero-order valence-electron chi connectivity index (χ0n) is 15.0. The quantitative estimate of drug-likeness (QED) is 0.863. The Kier molecular flexibility index (Phi) is 5.11. The average molecular weight is 326 g/mol. The van der Waals surface area contributed by atoms with Gasteiger partial charge in [0.25, 0.3) is 0 Å². The number of hydrogen-bond acceptors (Lipinski definition) is 5. The van der Waals surface area contributed by atoms with E-state index in [-0.39, 0.29) is 0 Å². The highest BCUT2D eigenvalue weighted by molar-refractivity contribution is 5.37. The molecule has 0 amide bonds. The monoisotopic (exact) mass is 326 g/mol. The van der Waals surface area contributed by atoms with E-state index in [1.165, 1.54) is 11.1 Å². The minimum absolute atomic E-state index is 0.328. The molecule has 5 nitrogen and oxygen atoms in total. The van der Waals surface area contributed by atoms with Crippen LogP contribution in [0, 0.1) is 13.8 Å². The van der Waals surface area contributed by atoms with Crippen molar-refractivity contribution in [3.05, 3.63) is 53.1 Å². The van der Waals surface area contributed by atoms with Crippen LogP contribution in [0.3, 0.4) is 0 Å². The largest absolute Gasteiger partial charge is 0.492 e. The fourth-order valence-electron chi connectivity index (χ4n) is 3.12. The van der Waals surface area contributed by atoms with Crippen LogP contribution in [-0.4, -0.2) is 53.1 Å². The van der Waals surface area contributed by atoms with E-state index in [1.807, 2.05) is 19.3 Å². The second-order valence-corrected chi connectivity index (χ2v) is 6.88. The zero-order valence-corrected chi connectivity index (χ0v) is 15.0. The van der Waals surface area contributed by atoms with Crippen LogP contribution < -0.4 is 4.74 Å². The summed E-state index contributed by atoms with van der Waals surface area (Å²) in [5, 5.41) is 0. The van der Waals surface area contributed by atoms with Gasteiger partial charge in [-0.15, -0.1) is 0 Å². The van der Waals surface area contributed by atoms with E-state index in [0.717, 1.165) is 36.8 Å². The van der Waals surface area contributed by atoms with Gasteiger partial charge in [0.2, 0.25) is 0 Å². The maximum Gasteiger partial charge on any atom is 0.125 e. The van der Waals surface area contributed by atoms with Gasteiger partial charge in [-0.2, -0.15) is 0 Å². The van der Waals surface area contributed by atoms with Gasteiger partial charge in [-0.3, -0.25) is 4.90 Å². The van der Waals surface area contributed by atoms with E-state index < -0.39 is 0 Å². The Morgan fingerprint density at radius 3 is 2.67 bits per heavy atom. The fraction of sp³-hybridized carbons (Fsp3) is 0.474. The Balaban J connectivity index is 1.86. The van der Waals surface area contributed by atoms with Crippen molar-refractivity contribution < 1.29 is 4.74 Å². The lowest BCUT2D eigenvalue weighted by molar-refractivity contribution is 0.113. The van der Waals surface area contributed by atoms with Crippen molar-refractivity contribution in [2.24, 2.45) is 0 Å². The van der Waals surface area contributed by atoms with Crippen LogP contribution >= 0.6 is 0 Å². The highest BCUT2D eigenvalue weighted by Crippen LogP contribution is 2.27. The molecule has 1 atom stereocenters. The van der Waals surface area contributed by atoms with Gasteiger partial charge in [0.15, 0.2) is 0 Å². The van der Waals surface area contributed by atoms with Crippen molar-refractivity contribution >= 4 is 0 Å². The number of aryl methyl sites for hydroxylation is 2. The number of ether oxygens (including phenoxy) is 1. The van der Waals surface area contributed by atoms with Gasteiger partial charge in [-0.1, -0.05) is 17.7 Å². The number of benzene rings is 1. The molecule has 128 valence electrons. The SMILES string of the molecule is Cc1ccc2c(c1)CN(Cc1cnc(C)nc1)[C@H](CN(C)C)CO2. The summed E-state index contributed by atoms with van der Waals surface area (Å²) in [6.45, 7) is 7.40. The number of fused-ring (bicyclic) bond motifs is 1. The first kappa shape index (κ1) is 16.9. The van der Waals surface area contributed by atoms with E-state index in [0.29, 0.717) is 12.6 Å². The first-order valence-corrected chi connectivity index (χ1v) is 8.40. The molecule has 0 spiro atoms. The molecule has 0 bridgehead atoms. The lowest BCUT2D eigenvalue weighted by Crippen LogP contribution is -2.43. The fourth-order valence-corrected chi connectivity index (χ4v) is 3.12. The van der Waals surface area contributed by atoms with E-state index in [9.17, 15) is 0 Å². The number of hydrogen-bond donors (Lipinski definition) is 0. The van der Waals surface area contributed by atoms with Crippen molar-refractivity contribution in [2.75, 3.05) is 27.2 Å². The smallest absolute Gasteiger partial charge is 0.125 e. The van der Waals surface area contributed by atoms with Crippen LogP contribution in [0.4, 0.5) is 0 Å². The average Bonchev–Trinajstić information content (AvgIpc) is 2.69. The van der Waals surface area contributed by atoms with Crippen molar-refractivity contribution in [1.82, 2.24) is 19.8 Å². The summed E-state index contributed by atoms with van der Waals surface area (Å²) >= 11 is 0. The van der Waals surface area contributed by atoms with Crippen LogP contribution in [0.1, 0.15) is 22.5 Å². The lowest BCUT2D eigenvalue weighted by Gasteiger charge is -2.31. The van der Waals surface area contributed by atoms with Crippen molar-refractivity contribution in [3.8, 4) is 5.75 Å². The van der Waals surface area contributed by atoms with Gasteiger partial charge in [0.05, 0.1) is 6.04 Å². The molecule has 2 aromatic rings. The van der Waals surface area contributed by atoms with Crippen molar-refractivity contribution in [2.45, 2.75) is 33.0 Å². The minimum Gasteiger partial charge on any atom is -0.492 e. The summed E-state index contributed by atoms with van der Waals surface area (Å²) < 4.78 is 6.10. The van der Waals surface area contributed by atoms with E-state index in [2.05, 4.69) is 59.0 Å². The Morgan fingerprint density at radius 1 is 1.21 bits per heavy atom. The Bertz CT molecular complexity index is 684. The topological polar surface area (TPSA) is 41.5 Å². The molecule has 5 heteroatoms. The Morgan fingerprint density at radius 2 is 1.96 bits per heavy atom. The first-order valence-electron chi connectivity index (χ1n) is 8.40. The van der Waals surface area contributed by atoms with Crippen molar-refractivity contribution in [1.29, 1.82) is 0 Å². The summed E-state index contributed by atoms with van der Waals surface area (Å²) in [6.07, 6.45) is 3.86. The second kappa shape index (κ2) is 7.28. The summed E-state index contributed by atoms with van der Waals surface area (Å²) in [5.74, 6) is 1.82. The minimum atomic E-state index is 0.328. The molecular formula is C19H26N4O. The number of nitrogens with zero attached hydrogens (tertiary/aromatic N) is 4. The Hall–Kier alpha value is -1.98. The molecule has 1 aliphatic rings. The van der Waals surface area contributed by atoms with Gasteiger partial charge in [0, 0.05) is 43.2 Å². The van der Waals surface area contributed by atoms with Crippen LogP contribution in [0.25, 0.3) is 0 Å². The van der Waals surface area contributed by atoms with Crippen LogP contribution in [0.2, 0.25) is 0 Å². The van der Waals surface area contributed by atoms with Gasteiger partial charge >= 0.3 is 0 Å². The predicted octanol–water partition coefficient (Wildman–Crippen LogP) is 2.42. The molecule has 2 heterocycles. The molecule has 0 N–H and O–H groups in total. The van der Waals surface area contributed by atoms with Gasteiger partial charge in [-0.25, -0.2) is 9.97 Å². The van der Waals surface area contributed by atoms with Crippen molar-refractivity contribution in [3.63, 3.8) is 0 Å². The maximum atomic E-state index is 6.10. The predicted molar refractivity (Wildman–Crippen MR) is 95.0 cm³/mol. The Labute approximate surface area is 144 Å². The summed E-state index contributed by atoms with van der Waals surface area (Å²) in [6, 6.07) is 6.76. The molecule has 1 aromatic carbocycles. The van der Waals surface area contributed by atoms with Gasteiger partial charge < -0.3 is 9.64 Å². The highest BCUT2D eigenvalue weighted by atomic mass is 16.5. The summed E-state index contributed by atoms with van der Waals surface area (Å²) in [5.41, 5.74) is 3.66. The normalized spacial score (nSPS) is 18.1. The molecular weight excluding hydrogens is 300 g/mol. The summed E-state index contributed by atoms with van der Waals surface area (Å²) in [7, 11) is 4.21. The van der Waals surface area contributed by atoms with Crippen LogP contribution in [-0.2, 0) is 13.1 Å². The van der Waals surface area contributed by atoms with E-state index >= 15 is 0 Å². The number of likely N-dealkylation sites (N-methyl/N-ethyl adjacent to an activating group) is 1. The molecule has 0 fully saturated rings. The standard InChI is InChI=1S/C19H26N4O/c1-14-5-6-19-17(7-14)11-23(18(13-24-19)12-22(3)4)10-16-8-20-15(2)21-9-16/h5-9,18H,10-13H2,1-4H3/t18-/m1/s1. The van der Waals surface area contributed by atoms with Crippen LogP contribution in [0.5, 0.6) is 5.75 Å². The third-order valence-electron chi connectivity index (χ3n) is 4.33. The molecule has 24 heavy (non-hydrogen) atoms. The van der Waals surface area contributed by atoms with E-state index in [1.54, 1.807) is 0 Å². The maximum absolute atomic E-state index is 6.10. The second-order valence-electron chi connectivity index (χ2n) is 6.88. The molecule has 0 radical (unpaired) electrons. The molecule has 1 aliphatic heterocycles. The van der Waals surface area contributed by atoms with Gasteiger partial charge in [0.1, 0.15) is 18.2 Å². The molecule has 0 aliphatic carbocycles. The number of aromatic nitrogens is 2. The summed E-state index contributed by atoms with van der Waals surface area (Å²) in [4.78, 5) is 13.4. The lowest BCUT2D eigenvalue weighted by atomic mass is 10.1. The molecule has 3 rings (SSSR count). The first-order chi connectivity index (χ1) is 11.5. The molecule has 1 aromatic heterocycles. The van der Waals surface area contributed by atoms with Crippen LogP contribution in [0.15, 0.2) is 30.6 Å². The molecule has 0 saturated heterocycles. The third-order valence-corrected chi connectivity index (χ3v) is 4.33. The highest BCUT2D eigenvalue weighted by Gasteiger charge is 2.25. The van der Waals surface area contributed by atoms with E-state index in [4.69, 9.17) is 4.74 Å². The third kappa shape index (κ3) is 4.10. The van der Waals surface area contributed by atoms with Gasteiger partial charge in [-0.05, 0) is 34.0 Å².